The SMILES string of the molecule is O=C(CNC(=O)Cc1ccccc1)NCC1CCCc2ccccc21. The van der Waals surface area contributed by atoms with Crippen LogP contribution in [-0.4, -0.2) is 24.9 Å². The molecular weight excluding hydrogens is 312 g/mol. The van der Waals surface area contributed by atoms with E-state index >= 15 is 0 Å². The maximum absolute atomic E-state index is 12.0. The molecule has 0 fully saturated rings. The third kappa shape index (κ3) is 4.92. The molecule has 1 aliphatic carbocycles. The van der Waals surface area contributed by atoms with E-state index in [1.165, 1.54) is 11.1 Å². The molecule has 1 atom stereocenters. The summed E-state index contributed by atoms with van der Waals surface area (Å²) in [5.74, 6) is 0.0998. The number of nitrogens with one attached hydrogen (secondary N) is 2. The predicted octanol–water partition coefficient (Wildman–Crippen LogP) is 2.58. The minimum atomic E-state index is -0.135. The third-order valence-corrected chi connectivity index (χ3v) is 4.69. The second-order valence-corrected chi connectivity index (χ2v) is 6.53. The summed E-state index contributed by atoms with van der Waals surface area (Å²) in [7, 11) is 0. The van der Waals surface area contributed by atoms with E-state index in [0.29, 0.717) is 18.9 Å². The lowest BCUT2D eigenvalue weighted by molar-refractivity contribution is -0.125. The summed E-state index contributed by atoms with van der Waals surface area (Å²) in [5.41, 5.74) is 3.69. The molecule has 2 aromatic rings. The Morgan fingerprint density at radius 3 is 2.52 bits per heavy atom. The second kappa shape index (κ2) is 8.47. The van der Waals surface area contributed by atoms with Gasteiger partial charge in [-0.25, -0.2) is 0 Å². The number of amides is 2. The molecule has 0 heterocycles. The zero-order valence-electron chi connectivity index (χ0n) is 14.3. The highest BCUT2D eigenvalue weighted by Crippen LogP contribution is 2.30. The van der Waals surface area contributed by atoms with Crippen LogP contribution >= 0.6 is 0 Å². The number of aryl methyl sites for hydroxylation is 1. The maximum Gasteiger partial charge on any atom is 0.239 e. The summed E-state index contributed by atoms with van der Waals surface area (Å²) in [6.07, 6.45) is 3.67. The van der Waals surface area contributed by atoms with E-state index in [1.54, 1.807) is 0 Å². The molecule has 0 spiro atoms. The minimum absolute atomic E-state index is 0.0278. The highest BCUT2D eigenvalue weighted by Gasteiger charge is 2.20. The summed E-state index contributed by atoms with van der Waals surface area (Å²) in [4.78, 5) is 23.9. The van der Waals surface area contributed by atoms with E-state index in [9.17, 15) is 9.59 Å². The van der Waals surface area contributed by atoms with E-state index < -0.39 is 0 Å². The standard InChI is InChI=1S/C21H24N2O2/c24-20(13-16-7-2-1-3-8-16)23-15-21(25)22-14-18-11-6-10-17-9-4-5-12-19(17)18/h1-5,7-9,12,18H,6,10-11,13-15H2,(H,22,25)(H,23,24). The average molecular weight is 336 g/mol. The van der Waals surface area contributed by atoms with Crippen LogP contribution in [0.25, 0.3) is 0 Å². The molecule has 4 nitrogen and oxygen atoms in total. The zero-order valence-corrected chi connectivity index (χ0v) is 14.3. The van der Waals surface area contributed by atoms with Crippen LogP contribution in [-0.2, 0) is 22.4 Å². The van der Waals surface area contributed by atoms with Crippen molar-refractivity contribution in [2.24, 2.45) is 0 Å². The Morgan fingerprint density at radius 2 is 1.68 bits per heavy atom. The van der Waals surface area contributed by atoms with Crippen LogP contribution < -0.4 is 10.6 Å². The van der Waals surface area contributed by atoms with Gasteiger partial charge in [0.15, 0.2) is 0 Å². The first-order chi connectivity index (χ1) is 12.2. The van der Waals surface area contributed by atoms with Crippen molar-refractivity contribution in [2.45, 2.75) is 31.6 Å². The molecule has 0 radical (unpaired) electrons. The lowest BCUT2D eigenvalue weighted by Gasteiger charge is -2.25. The number of carbonyl (C=O) groups is 2. The molecule has 0 saturated heterocycles. The van der Waals surface area contributed by atoms with Gasteiger partial charge in [0, 0.05) is 12.5 Å². The number of benzene rings is 2. The van der Waals surface area contributed by atoms with Crippen molar-refractivity contribution in [3.8, 4) is 0 Å². The highest BCUT2D eigenvalue weighted by atomic mass is 16.2. The summed E-state index contributed by atoms with van der Waals surface area (Å²) in [5, 5.41) is 5.65. The van der Waals surface area contributed by atoms with E-state index in [4.69, 9.17) is 0 Å². The predicted molar refractivity (Wildman–Crippen MR) is 98.3 cm³/mol. The molecule has 1 aliphatic rings. The number of hydrogen-bond donors (Lipinski definition) is 2. The van der Waals surface area contributed by atoms with Crippen molar-refractivity contribution in [3.05, 3.63) is 71.3 Å². The Labute approximate surface area is 148 Å². The molecule has 1 unspecified atom stereocenters. The van der Waals surface area contributed by atoms with Gasteiger partial charge in [0.1, 0.15) is 0 Å². The van der Waals surface area contributed by atoms with Crippen LogP contribution in [0, 0.1) is 0 Å². The van der Waals surface area contributed by atoms with Crippen LogP contribution in [0.4, 0.5) is 0 Å². The molecule has 0 saturated carbocycles. The monoisotopic (exact) mass is 336 g/mol. The lowest BCUT2D eigenvalue weighted by Crippen LogP contribution is -2.39. The molecule has 0 bridgehead atoms. The Hall–Kier alpha value is -2.62. The first-order valence-corrected chi connectivity index (χ1v) is 8.87. The fourth-order valence-corrected chi connectivity index (χ4v) is 3.39. The van der Waals surface area contributed by atoms with Gasteiger partial charge in [-0.1, -0.05) is 54.6 Å². The first-order valence-electron chi connectivity index (χ1n) is 8.87. The van der Waals surface area contributed by atoms with Gasteiger partial charge in [0.05, 0.1) is 13.0 Å². The normalized spacial score (nSPS) is 15.9. The quantitative estimate of drug-likeness (QED) is 0.852. The van der Waals surface area contributed by atoms with Gasteiger partial charge in [-0.05, 0) is 36.0 Å². The van der Waals surface area contributed by atoms with Crippen LogP contribution in [0.1, 0.15) is 35.4 Å². The second-order valence-electron chi connectivity index (χ2n) is 6.53. The van der Waals surface area contributed by atoms with Crippen molar-refractivity contribution in [1.82, 2.24) is 10.6 Å². The zero-order chi connectivity index (χ0) is 17.5. The van der Waals surface area contributed by atoms with E-state index in [1.807, 2.05) is 30.3 Å². The highest BCUT2D eigenvalue weighted by molar-refractivity contribution is 5.85. The smallest absolute Gasteiger partial charge is 0.239 e. The number of carbonyl (C=O) groups excluding carboxylic acids is 2. The fourth-order valence-electron chi connectivity index (χ4n) is 3.39. The Balaban J connectivity index is 1.42. The molecule has 2 amide bonds. The van der Waals surface area contributed by atoms with Crippen molar-refractivity contribution < 1.29 is 9.59 Å². The van der Waals surface area contributed by atoms with Crippen molar-refractivity contribution in [2.75, 3.05) is 13.1 Å². The number of rotatable bonds is 6. The molecule has 2 N–H and O–H groups in total. The van der Waals surface area contributed by atoms with Gasteiger partial charge in [-0.2, -0.15) is 0 Å². The molecule has 130 valence electrons. The van der Waals surface area contributed by atoms with E-state index in [2.05, 4.69) is 34.9 Å². The van der Waals surface area contributed by atoms with Gasteiger partial charge in [0.2, 0.25) is 11.8 Å². The fraction of sp³-hybridized carbons (Fsp3) is 0.333. The lowest BCUT2D eigenvalue weighted by atomic mass is 9.83. The average Bonchev–Trinajstić information content (AvgIpc) is 2.65. The van der Waals surface area contributed by atoms with Crippen molar-refractivity contribution in [3.63, 3.8) is 0 Å². The topological polar surface area (TPSA) is 58.2 Å². The largest absolute Gasteiger partial charge is 0.354 e. The summed E-state index contributed by atoms with van der Waals surface area (Å²) in [6.45, 7) is 0.657. The van der Waals surface area contributed by atoms with Gasteiger partial charge in [-0.15, -0.1) is 0 Å². The molecule has 25 heavy (non-hydrogen) atoms. The molecular formula is C21H24N2O2. The summed E-state index contributed by atoms with van der Waals surface area (Å²) in [6, 6.07) is 18.0. The third-order valence-electron chi connectivity index (χ3n) is 4.69. The molecule has 0 aliphatic heterocycles. The van der Waals surface area contributed by atoms with Crippen LogP contribution in [0.2, 0.25) is 0 Å². The van der Waals surface area contributed by atoms with E-state index in [-0.39, 0.29) is 18.4 Å². The Kier molecular flexibility index (Phi) is 5.83. The summed E-state index contributed by atoms with van der Waals surface area (Å²) >= 11 is 0. The van der Waals surface area contributed by atoms with E-state index in [0.717, 1.165) is 24.8 Å². The number of fused-ring (bicyclic) bond motifs is 1. The Bertz CT molecular complexity index is 728. The molecule has 3 rings (SSSR count). The van der Waals surface area contributed by atoms with Crippen molar-refractivity contribution in [1.29, 1.82) is 0 Å². The van der Waals surface area contributed by atoms with Gasteiger partial charge in [0.25, 0.3) is 0 Å². The van der Waals surface area contributed by atoms with Gasteiger partial charge < -0.3 is 10.6 Å². The molecule has 2 aromatic carbocycles. The summed E-state index contributed by atoms with van der Waals surface area (Å²) < 4.78 is 0. The van der Waals surface area contributed by atoms with Gasteiger partial charge >= 0.3 is 0 Å². The maximum atomic E-state index is 12.0. The number of hydrogen-bond acceptors (Lipinski definition) is 2. The van der Waals surface area contributed by atoms with Crippen LogP contribution in [0.15, 0.2) is 54.6 Å². The van der Waals surface area contributed by atoms with Crippen LogP contribution in [0.3, 0.4) is 0 Å². The van der Waals surface area contributed by atoms with Gasteiger partial charge in [-0.3, -0.25) is 9.59 Å². The Morgan fingerprint density at radius 1 is 0.920 bits per heavy atom. The first kappa shape index (κ1) is 17.2. The minimum Gasteiger partial charge on any atom is -0.354 e. The molecule has 4 heteroatoms. The van der Waals surface area contributed by atoms with Crippen molar-refractivity contribution >= 4 is 11.8 Å². The van der Waals surface area contributed by atoms with Crippen LogP contribution in [0.5, 0.6) is 0 Å². The molecule has 0 aromatic heterocycles.